The first kappa shape index (κ1) is 11.9. The van der Waals surface area contributed by atoms with Crippen molar-refractivity contribution in [1.29, 1.82) is 0 Å². The Labute approximate surface area is 85.8 Å². The molecule has 1 fully saturated rings. The van der Waals surface area contributed by atoms with E-state index < -0.39 is 10.2 Å². The molecule has 1 rings (SSSR count). The highest BCUT2D eigenvalue weighted by molar-refractivity contribution is 7.87. The minimum Gasteiger partial charge on any atom is -0.328 e. The summed E-state index contributed by atoms with van der Waals surface area (Å²) >= 11 is 0. The van der Waals surface area contributed by atoms with Gasteiger partial charge in [0.25, 0.3) is 10.2 Å². The van der Waals surface area contributed by atoms with Crippen LogP contribution in [-0.4, -0.2) is 38.9 Å². The van der Waals surface area contributed by atoms with Gasteiger partial charge in [0.1, 0.15) is 0 Å². The molecule has 1 saturated heterocycles. The molecule has 0 aromatic rings. The molecule has 0 bridgehead atoms. The van der Waals surface area contributed by atoms with Gasteiger partial charge in [-0.3, -0.25) is 0 Å². The molecule has 5 nitrogen and oxygen atoms in total. The number of piperidine rings is 1. The van der Waals surface area contributed by atoms with Crippen LogP contribution in [0.25, 0.3) is 0 Å². The second kappa shape index (κ2) is 4.57. The third kappa shape index (κ3) is 2.66. The summed E-state index contributed by atoms with van der Waals surface area (Å²) in [5, 5.41) is 0. The molecule has 0 aliphatic carbocycles. The lowest BCUT2D eigenvalue weighted by Gasteiger charge is -2.33. The highest BCUT2D eigenvalue weighted by Crippen LogP contribution is 2.20. The van der Waals surface area contributed by atoms with Crippen molar-refractivity contribution < 1.29 is 8.42 Å². The zero-order valence-electron chi connectivity index (χ0n) is 8.73. The van der Waals surface area contributed by atoms with Crippen LogP contribution in [0, 0.1) is 5.92 Å². The predicted molar refractivity (Wildman–Crippen MR) is 55.9 cm³/mol. The molecule has 6 heteroatoms. The third-order valence-corrected chi connectivity index (χ3v) is 4.29. The van der Waals surface area contributed by atoms with Crippen LogP contribution in [0.4, 0.5) is 0 Å². The van der Waals surface area contributed by atoms with E-state index in [2.05, 4.69) is 4.72 Å². The highest BCUT2D eigenvalue weighted by Gasteiger charge is 2.29. The first-order valence-corrected chi connectivity index (χ1v) is 6.35. The Balaban J connectivity index is 2.65. The van der Waals surface area contributed by atoms with E-state index in [1.807, 2.05) is 6.92 Å². The van der Waals surface area contributed by atoms with Crippen molar-refractivity contribution in [1.82, 2.24) is 9.03 Å². The molecule has 1 aliphatic rings. The number of nitrogens with two attached hydrogens (primary N) is 1. The van der Waals surface area contributed by atoms with Crippen LogP contribution in [0.15, 0.2) is 0 Å². The maximum absolute atomic E-state index is 11.5. The average Bonchev–Trinajstić information content (AvgIpc) is 2.18. The summed E-state index contributed by atoms with van der Waals surface area (Å²) < 4.78 is 26.8. The van der Waals surface area contributed by atoms with Gasteiger partial charge in [-0.05, 0) is 25.7 Å². The van der Waals surface area contributed by atoms with E-state index in [1.54, 1.807) is 0 Å². The normalized spacial score (nSPS) is 27.5. The molecular weight excluding hydrogens is 202 g/mol. The van der Waals surface area contributed by atoms with Crippen molar-refractivity contribution in [3.63, 3.8) is 0 Å². The maximum Gasteiger partial charge on any atom is 0.279 e. The number of nitrogens with zero attached hydrogens (tertiary/aromatic N) is 1. The second-order valence-electron chi connectivity index (χ2n) is 3.83. The summed E-state index contributed by atoms with van der Waals surface area (Å²) in [5.41, 5.74) is 5.77. The summed E-state index contributed by atoms with van der Waals surface area (Å²) in [6, 6.07) is 0.0601. The molecule has 0 radical (unpaired) electrons. The largest absolute Gasteiger partial charge is 0.328 e. The Morgan fingerprint density at radius 1 is 1.57 bits per heavy atom. The summed E-state index contributed by atoms with van der Waals surface area (Å²) in [7, 11) is -1.82. The molecule has 2 atom stereocenters. The topological polar surface area (TPSA) is 75.4 Å². The van der Waals surface area contributed by atoms with E-state index in [9.17, 15) is 8.42 Å². The minimum atomic E-state index is -3.26. The van der Waals surface area contributed by atoms with E-state index >= 15 is 0 Å². The van der Waals surface area contributed by atoms with Crippen LogP contribution >= 0.6 is 0 Å². The predicted octanol–water partition coefficient (Wildman–Crippen LogP) is -0.490. The van der Waals surface area contributed by atoms with Crippen LogP contribution < -0.4 is 10.5 Å². The lowest BCUT2D eigenvalue weighted by atomic mass is 9.93. The van der Waals surface area contributed by atoms with E-state index in [1.165, 1.54) is 11.4 Å². The first-order chi connectivity index (χ1) is 6.47. The highest BCUT2D eigenvalue weighted by atomic mass is 32.2. The molecule has 14 heavy (non-hydrogen) atoms. The molecular formula is C8H19N3O2S. The molecule has 1 aliphatic heterocycles. The monoisotopic (exact) mass is 221 g/mol. The Morgan fingerprint density at radius 2 is 2.21 bits per heavy atom. The van der Waals surface area contributed by atoms with Crippen LogP contribution in [0.1, 0.15) is 19.8 Å². The Bertz CT molecular complexity index is 276. The lowest BCUT2D eigenvalue weighted by Crippen LogP contribution is -2.48. The zero-order valence-corrected chi connectivity index (χ0v) is 9.55. The van der Waals surface area contributed by atoms with Gasteiger partial charge in [-0.15, -0.1) is 0 Å². The molecule has 0 aromatic carbocycles. The van der Waals surface area contributed by atoms with Gasteiger partial charge in [-0.1, -0.05) is 0 Å². The zero-order chi connectivity index (χ0) is 10.8. The van der Waals surface area contributed by atoms with Crippen LogP contribution in [-0.2, 0) is 10.2 Å². The molecule has 0 amide bonds. The van der Waals surface area contributed by atoms with Crippen molar-refractivity contribution in [2.75, 3.05) is 20.1 Å². The number of nitrogens with one attached hydrogen (secondary N) is 1. The standard InChI is InChI=1S/C8H19N3O2S/c1-7(9)8-4-3-5-11(6-8)14(12,13)10-2/h7-8,10H,3-6,9H2,1-2H3. The summed E-state index contributed by atoms with van der Waals surface area (Å²) in [6.07, 6.45) is 1.92. The number of hydrogen-bond acceptors (Lipinski definition) is 3. The van der Waals surface area contributed by atoms with Crippen molar-refractivity contribution >= 4 is 10.2 Å². The maximum atomic E-state index is 11.5. The fourth-order valence-electron chi connectivity index (χ4n) is 1.75. The summed E-state index contributed by atoms with van der Waals surface area (Å²) in [6.45, 7) is 3.08. The van der Waals surface area contributed by atoms with Crippen LogP contribution in [0.5, 0.6) is 0 Å². The number of hydrogen-bond donors (Lipinski definition) is 2. The van der Waals surface area contributed by atoms with Gasteiger partial charge in [0.2, 0.25) is 0 Å². The summed E-state index contributed by atoms with van der Waals surface area (Å²) in [4.78, 5) is 0. The molecule has 1 heterocycles. The average molecular weight is 221 g/mol. The van der Waals surface area contributed by atoms with E-state index in [0.29, 0.717) is 13.1 Å². The minimum absolute atomic E-state index is 0.0601. The number of rotatable bonds is 3. The van der Waals surface area contributed by atoms with Gasteiger partial charge in [0.05, 0.1) is 0 Å². The smallest absolute Gasteiger partial charge is 0.279 e. The van der Waals surface area contributed by atoms with Gasteiger partial charge in [-0.25, -0.2) is 4.72 Å². The molecule has 0 saturated carbocycles. The van der Waals surface area contributed by atoms with E-state index in [-0.39, 0.29) is 12.0 Å². The van der Waals surface area contributed by atoms with Gasteiger partial charge in [0.15, 0.2) is 0 Å². The Hall–Kier alpha value is -0.170. The van der Waals surface area contributed by atoms with Crippen molar-refractivity contribution in [3.05, 3.63) is 0 Å². The van der Waals surface area contributed by atoms with Crippen molar-refractivity contribution in [2.45, 2.75) is 25.8 Å². The van der Waals surface area contributed by atoms with Gasteiger partial charge >= 0.3 is 0 Å². The fourth-order valence-corrected chi connectivity index (χ4v) is 2.77. The van der Waals surface area contributed by atoms with Gasteiger partial charge in [-0.2, -0.15) is 12.7 Å². The SMILES string of the molecule is CNS(=O)(=O)N1CCCC(C(C)N)C1. The fraction of sp³-hybridized carbons (Fsp3) is 1.00. The van der Waals surface area contributed by atoms with E-state index in [0.717, 1.165) is 12.8 Å². The first-order valence-electron chi connectivity index (χ1n) is 4.91. The molecule has 3 N–H and O–H groups in total. The van der Waals surface area contributed by atoms with E-state index in [4.69, 9.17) is 5.73 Å². The van der Waals surface area contributed by atoms with Crippen LogP contribution in [0.3, 0.4) is 0 Å². The van der Waals surface area contributed by atoms with Crippen molar-refractivity contribution in [3.8, 4) is 0 Å². The molecule has 0 spiro atoms. The van der Waals surface area contributed by atoms with Crippen LogP contribution in [0.2, 0.25) is 0 Å². The third-order valence-electron chi connectivity index (χ3n) is 2.76. The Kier molecular flexibility index (Phi) is 3.88. The van der Waals surface area contributed by atoms with Crippen molar-refractivity contribution in [2.24, 2.45) is 11.7 Å². The summed E-state index contributed by atoms with van der Waals surface area (Å²) in [5.74, 6) is 0.284. The Morgan fingerprint density at radius 3 is 2.71 bits per heavy atom. The second-order valence-corrected chi connectivity index (χ2v) is 5.70. The van der Waals surface area contributed by atoms with Gasteiger partial charge in [0, 0.05) is 26.2 Å². The van der Waals surface area contributed by atoms with Gasteiger partial charge < -0.3 is 5.73 Å². The molecule has 84 valence electrons. The molecule has 0 aromatic heterocycles. The quantitative estimate of drug-likeness (QED) is 0.675. The lowest BCUT2D eigenvalue weighted by molar-refractivity contribution is 0.241. The molecule has 2 unspecified atom stereocenters.